The van der Waals surface area contributed by atoms with Crippen LogP contribution in [-0.4, -0.2) is 20.8 Å². The molecule has 0 spiro atoms. The average Bonchev–Trinajstić information content (AvgIpc) is 2.57. The first kappa shape index (κ1) is 11.2. The van der Waals surface area contributed by atoms with Crippen LogP contribution >= 0.6 is 0 Å². The quantitative estimate of drug-likeness (QED) is 0.826. The number of phenolic OH excluding ortho intramolecular Hbond substituents is 1. The van der Waals surface area contributed by atoms with Crippen LogP contribution in [0.4, 0.5) is 5.82 Å². The number of hydrogen-bond acceptors (Lipinski definition) is 3. The number of aromatic nitrogens is 2. The minimum absolute atomic E-state index is 0.0684. The fourth-order valence-corrected chi connectivity index (χ4v) is 1.56. The predicted octanol–water partition coefficient (Wildman–Crippen LogP) is 1.69. The molecule has 0 unspecified atom stereocenters. The highest BCUT2D eigenvalue weighted by Crippen LogP contribution is 2.14. The van der Waals surface area contributed by atoms with Crippen LogP contribution in [0, 0.1) is 6.92 Å². The van der Waals surface area contributed by atoms with Gasteiger partial charge in [0, 0.05) is 18.7 Å². The number of anilines is 1. The van der Waals surface area contributed by atoms with E-state index in [1.54, 1.807) is 29.9 Å². The summed E-state index contributed by atoms with van der Waals surface area (Å²) in [5.41, 5.74) is 1.24. The molecule has 0 fully saturated rings. The first-order chi connectivity index (χ1) is 8.06. The third-order valence-electron chi connectivity index (χ3n) is 2.35. The van der Waals surface area contributed by atoms with E-state index in [1.807, 2.05) is 6.92 Å². The summed E-state index contributed by atoms with van der Waals surface area (Å²) in [6.07, 6.45) is 0. The van der Waals surface area contributed by atoms with E-state index in [0.29, 0.717) is 11.4 Å². The number of hydrogen-bond donors (Lipinski definition) is 2. The molecule has 2 N–H and O–H groups in total. The van der Waals surface area contributed by atoms with Gasteiger partial charge in [-0.2, -0.15) is 5.10 Å². The Kier molecular flexibility index (Phi) is 2.82. The molecule has 1 aromatic heterocycles. The highest BCUT2D eigenvalue weighted by molar-refractivity contribution is 6.04. The monoisotopic (exact) mass is 231 g/mol. The van der Waals surface area contributed by atoms with Gasteiger partial charge in [-0.25, -0.2) is 0 Å². The van der Waals surface area contributed by atoms with E-state index in [0.717, 1.165) is 5.69 Å². The van der Waals surface area contributed by atoms with E-state index >= 15 is 0 Å². The van der Waals surface area contributed by atoms with Crippen molar-refractivity contribution in [3.05, 3.63) is 41.6 Å². The maximum Gasteiger partial charge on any atom is 0.256 e. The molecule has 2 rings (SSSR count). The summed E-state index contributed by atoms with van der Waals surface area (Å²) in [5, 5.41) is 16.1. The normalized spacial score (nSPS) is 10.2. The molecular weight excluding hydrogens is 218 g/mol. The van der Waals surface area contributed by atoms with Crippen molar-refractivity contribution >= 4 is 11.7 Å². The van der Waals surface area contributed by atoms with Gasteiger partial charge in [0.2, 0.25) is 0 Å². The van der Waals surface area contributed by atoms with Crippen LogP contribution < -0.4 is 5.32 Å². The molecular formula is C12H13N3O2. The van der Waals surface area contributed by atoms with Gasteiger partial charge < -0.3 is 10.4 Å². The summed E-state index contributed by atoms with van der Waals surface area (Å²) < 4.78 is 1.59. The van der Waals surface area contributed by atoms with Crippen LogP contribution in [0.2, 0.25) is 0 Å². The maximum absolute atomic E-state index is 11.9. The molecule has 0 atom stereocenters. The molecule has 5 nitrogen and oxygen atoms in total. The zero-order valence-corrected chi connectivity index (χ0v) is 9.64. The molecule has 0 saturated heterocycles. The third kappa shape index (κ3) is 2.44. The zero-order chi connectivity index (χ0) is 12.4. The molecule has 0 aliphatic rings. The Morgan fingerprint density at radius 3 is 2.76 bits per heavy atom. The van der Waals surface area contributed by atoms with Gasteiger partial charge in [-0.1, -0.05) is 6.07 Å². The number of rotatable bonds is 2. The number of amides is 1. The van der Waals surface area contributed by atoms with Gasteiger partial charge in [0.1, 0.15) is 11.6 Å². The molecule has 1 heterocycles. The highest BCUT2D eigenvalue weighted by Gasteiger charge is 2.09. The van der Waals surface area contributed by atoms with Crippen LogP contribution in [0.3, 0.4) is 0 Å². The van der Waals surface area contributed by atoms with Gasteiger partial charge in [-0.15, -0.1) is 0 Å². The molecule has 1 aromatic carbocycles. The summed E-state index contributed by atoms with van der Waals surface area (Å²) in [5.74, 6) is 0.415. The smallest absolute Gasteiger partial charge is 0.256 e. The van der Waals surface area contributed by atoms with Crippen molar-refractivity contribution in [3.63, 3.8) is 0 Å². The van der Waals surface area contributed by atoms with Crippen LogP contribution in [0.5, 0.6) is 5.75 Å². The zero-order valence-electron chi connectivity index (χ0n) is 9.64. The van der Waals surface area contributed by atoms with E-state index in [1.165, 1.54) is 12.1 Å². The number of benzene rings is 1. The van der Waals surface area contributed by atoms with E-state index in [-0.39, 0.29) is 11.7 Å². The number of carbonyl (C=O) groups excluding carboxylic acids is 1. The Hall–Kier alpha value is -2.30. The van der Waals surface area contributed by atoms with Crippen molar-refractivity contribution in [2.75, 3.05) is 5.32 Å². The van der Waals surface area contributed by atoms with Crippen LogP contribution in [0.1, 0.15) is 16.1 Å². The van der Waals surface area contributed by atoms with Gasteiger partial charge in [0.05, 0.1) is 5.69 Å². The Morgan fingerprint density at radius 1 is 1.41 bits per heavy atom. The number of nitrogens with one attached hydrogen (secondary N) is 1. The minimum atomic E-state index is -0.274. The van der Waals surface area contributed by atoms with Crippen molar-refractivity contribution in [2.24, 2.45) is 7.05 Å². The molecule has 0 saturated carbocycles. The number of aromatic hydroxyl groups is 1. The summed E-state index contributed by atoms with van der Waals surface area (Å²) >= 11 is 0. The molecule has 5 heteroatoms. The fraction of sp³-hybridized carbons (Fsp3) is 0.167. The van der Waals surface area contributed by atoms with Gasteiger partial charge in [-0.05, 0) is 25.1 Å². The first-order valence-electron chi connectivity index (χ1n) is 5.17. The molecule has 0 aliphatic carbocycles. The number of aryl methyl sites for hydroxylation is 2. The molecule has 0 radical (unpaired) electrons. The van der Waals surface area contributed by atoms with Crippen molar-refractivity contribution in [1.29, 1.82) is 0 Å². The van der Waals surface area contributed by atoms with Gasteiger partial charge >= 0.3 is 0 Å². The standard InChI is InChI=1S/C12H13N3O2/c1-8-6-11(15(2)14-8)13-12(17)9-4-3-5-10(16)7-9/h3-7,16H,1-2H3,(H,13,17). The third-order valence-corrected chi connectivity index (χ3v) is 2.35. The lowest BCUT2D eigenvalue weighted by Gasteiger charge is -2.05. The van der Waals surface area contributed by atoms with Crippen molar-refractivity contribution in [2.45, 2.75) is 6.92 Å². The lowest BCUT2D eigenvalue weighted by molar-refractivity contribution is 0.102. The summed E-state index contributed by atoms with van der Waals surface area (Å²) in [4.78, 5) is 11.9. The first-order valence-corrected chi connectivity index (χ1v) is 5.17. The number of phenols is 1. The van der Waals surface area contributed by atoms with Crippen LogP contribution in [-0.2, 0) is 7.05 Å². The van der Waals surface area contributed by atoms with Crippen LogP contribution in [0.15, 0.2) is 30.3 Å². The Morgan fingerprint density at radius 2 is 2.18 bits per heavy atom. The predicted molar refractivity (Wildman–Crippen MR) is 64.0 cm³/mol. The van der Waals surface area contributed by atoms with E-state index < -0.39 is 0 Å². The topological polar surface area (TPSA) is 67.2 Å². The number of nitrogens with zero attached hydrogens (tertiary/aromatic N) is 2. The summed E-state index contributed by atoms with van der Waals surface area (Å²) in [6, 6.07) is 7.97. The van der Waals surface area contributed by atoms with E-state index in [4.69, 9.17) is 0 Å². The minimum Gasteiger partial charge on any atom is -0.508 e. The van der Waals surface area contributed by atoms with Gasteiger partial charge in [-0.3, -0.25) is 9.48 Å². The van der Waals surface area contributed by atoms with Crippen molar-refractivity contribution < 1.29 is 9.90 Å². The molecule has 0 bridgehead atoms. The largest absolute Gasteiger partial charge is 0.508 e. The average molecular weight is 231 g/mol. The molecule has 0 aliphatic heterocycles. The van der Waals surface area contributed by atoms with Gasteiger partial charge in [0.15, 0.2) is 0 Å². The van der Waals surface area contributed by atoms with Gasteiger partial charge in [0.25, 0.3) is 5.91 Å². The molecule has 17 heavy (non-hydrogen) atoms. The van der Waals surface area contributed by atoms with Crippen LogP contribution in [0.25, 0.3) is 0 Å². The second-order valence-electron chi connectivity index (χ2n) is 3.80. The fourth-order valence-electron chi connectivity index (χ4n) is 1.56. The van der Waals surface area contributed by atoms with Crippen molar-refractivity contribution in [1.82, 2.24) is 9.78 Å². The summed E-state index contributed by atoms with van der Waals surface area (Å²) in [6.45, 7) is 1.85. The molecule has 1 amide bonds. The Labute approximate surface area is 98.7 Å². The second-order valence-corrected chi connectivity index (χ2v) is 3.80. The molecule has 88 valence electrons. The maximum atomic E-state index is 11.9. The summed E-state index contributed by atoms with van der Waals surface area (Å²) in [7, 11) is 1.76. The Balaban J connectivity index is 2.20. The SMILES string of the molecule is Cc1cc(NC(=O)c2cccc(O)c2)n(C)n1. The Bertz CT molecular complexity index is 561. The second kappa shape index (κ2) is 4.29. The van der Waals surface area contributed by atoms with E-state index in [9.17, 15) is 9.90 Å². The lowest BCUT2D eigenvalue weighted by Crippen LogP contribution is -2.14. The lowest BCUT2D eigenvalue weighted by atomic mass is 10.2. The molecule has 2 aromatic rings. The van der Waals surface area contributed by atoms with E-state index in [2.05, 4.69) is 10.4 Å². The number of carbonyl (C=O) groups is 1. The highest BCUT2D eigenvalue weighted by atomic mass is 16.3. The van der Waals surface area contributed by atoms with Crippen molar-refractivity contribution in [3.8, 4) is 5.75 Å².